The maximum Gasteiger partial charge on any atom is 0.330 e. The molecule has 1 saturated heterocycles. The van der Waals surface area contributed by atoms with Crippen LogP contribution in [0.15, 0.2) is 16.9 Å². The van der Waals surface area contributed by atoms with Gasteiger partial charge >= 0.3 is 5.69 Å². The van der Waals surface area contributed by atoms with E-state index in [4.69, 9.17) is 4.98 Å². The molecular weight excluding hydrogens is 264 g/mol. The van der Waals surface area contributed by atoms with E-state index >= 15 is 0 Å². The Labute approximate surface area is 125 Å². The predicted molar refractivity (Wildman–Crippen MR) is 84.7 cm³/mol. The smallest absolute Gasteiger partial charge is 0.316 e. The summed E-state index contributed by atoms with van der Waals surface area (Å²) in [5, 5.41) is 3.37. The minimum Gasteiger partial charge on any atom is -0.316 e. The molecule has 2 aromatic heterocycles. The summed E-state index contributed by atoms with van der Waals surface area (Å²) in [5.41, 5.74) is 2.91. The Kier molecular flexibility index (Phi) is 3.40. The molecule has 21 heavy (non-hydrogen) atoms. The highest BCUT2D eigenvalue weighted by Crippen LogP contribution is 2.24. The molecule has 114 valence electrons. The van der Waals surface area contributed by atoms with Gasteiger partial charge in [-0.25, -0.2) is 9.78 Å². The molecule has 0 aliphatic carbocycles. The Morgan fingerprint density at radius 2 is 2.14 bits per heavy atom. The molecule has 2 aromatic rings. The minimum absolute atomic E-state index is 0.0223. The van der Waals surface area contributed by atoms with Crippen molar-refractivity contribution in [3.05, 3.63) is 28.3 Å². The summed E-state index contributed by atoms with van der Waals surface area (Å²) in [7, 11) is 1.81. The van der Waals surface area contributed by atoms with E-state index in [2.05, 4.69) is 38.2 Å². The fraction of sp³-hybridized carbons (Fsp3) is 0.625. The lowest BCUT2D eigenvalue weighted by Gasteiger charge is -2.18. The first kappa shape index (κ1) is 14.3. The van der Waals surface area contributed by atoms with Crippen molar-refractivity contribution in [3.63, 3.8) is 0 Å². The Morgan fingerprint density at radius 3 is 2.76 bits per heavy atom. The van der Waals surface area contributed by atoms with Gasteiger partial charge < -0.3 is 5.32 Å². The van der Waals surface area contributed by atoms with Crippen LogP contribution in [0.4, 0.5) is 0 Å². The second kappa shape index (κ2) is 4.98. The number of pyridine rings is 1. The standard InChI is InChI=1S/C16H24N4O/c1-16(2,3)10-20-13-6-5-12(11-7-8-17-9-11)18-14(13)19(4)15(20)21/h5-6,11,17H,7-10H2,1-4H3. The van der Waals surface area contributed by atoms with Gasteiger partial charge in [-0.05, 0) is 30.5 Å². The van der Waals surface area contributed by atoms with Crippen molar-refractivity contribution < 1.29 is 0 Å². The van der Waals surface area contributed by atoms with E-state index in [0.29, 0.717) is 12.5 Å². The molecule has 0 amide bonds. The molecule has 1 atom stereocenters. The van der Waals surface area contributed by atoms with Gasteiger partial charge in [-0.3, -0.25) is 9.13 Å². The lowest BCUT2D eigenvalue weighted by atomic mass is 9.97. The summed E-state index contributed by atoms with van der Waals surface area (Å²) in [4.78, 5) is 17.2. The van der Waals surface area contributed by atoms with Crippen LogP contribution in [0.2, 0.25) is 0 Å². The number of hydrogen-bond donors (Lipinski definition) is 1. The maximum absolute atomic E-state index is 12.5. The molecule has 5 nitrogen and oxygen atoms in total. The van der Waals surface area contributed by atoms with E-state index in [1.54, 1.807) is 4.57 Å². The van der Waals surface area contributed by atoms with E-state index in [9.17, 15) is 4.79 Å². The Balaban J connectivity index is 2.10. The number of nitrogens with zero attached hydrogens (tertiary/aromatic N) is 3. The number of aryl methyl sites for hydroxylation is 1. The fourth-order valence-electron chi connectivity index (χ4n) is 3.05. The molecule has 0 aromatic carbocycles. The minimum atomic E-state index is 0.0223. The summed E-state index contributed by atoms with van der Waals surface area (Å²) in [6.45, 7) is 9.16. The number of rotatable bonds is 2. The van der Waals surface area contributed by atoms with Crippen molar-refractivity contribution in [2.45, 2.75) is 39.7 Å². The van der Waals surface area contributed by atoms with Gasteiger partial charge in [-0.15, -0.1) is 0 Å². The second-order valence-corrected chi connectivity index (χ2v) is 7.26. The molecule has 0 radical (unpaired) electrons. The molecule has 5 heteroatoms. The van der Waals surface area contributed by atoms with Gasteiger partial charge in [0.1, 0.15) is 0 Å². The third-order valence-electron chi connectivity index (χ3n) is 4.11. The van der Waals surface area contributed by atoms with Gasteiger partial charge in [-0.2, -0.15) is 0 Å². The largest absolute Gasteiger partial charge is 0.330 e. The zero-order valence-corrected chi connectivity index (χ0v) is 13.3. The summed E-state index contributed by atoms with van der Waals surface area (Å²) >= 11 is 0. The topological polar surface area (TPSA) is 51.9 Å². The molecule has 0 spiro atoms. The van der Waals surface area contributed by atoms with Gasteiger partial charge in [-0.1, -0.05) is 20.8 Å². The van der Waals surface area contributed by atoms with Crippen molar-refractivity contribution in [3.8, 4) is 0 Å². The monoisotopic (exact) mass is 288 g/mol. The molecular formula is C16H24N4O. The van der Waals surface area contributed by atoms with Crippen LogP contribution in [0.1, 0.15) is 38.8 Å². The summed E-state index contributed by atoms with van der Waals surface area (Å²) < 4.78 is 3.52. The van der Waals surface area contributed by atoms with Crippen LogP contribution in [0.25, 0.3) is 11.2 Å². The van der Waals surface area contributed by atoms with Crippen molar-refractivity contribution in [1.29, 1.82) is 0 Å². The average Bonchev–Trinajstić information content (AvgIpc) is 3.01. The summed E-state index contributed by atoms with van der Waals surface area (Å²) in [5.74, 6) is 0.468. The highest BCUT2D eigenvalue weighted by atomic mass is 16.1. The van der Waals surface area contributed by atoms with Crippen molar-refractivity contribution in [2.24, 2.45) is 12.5 Å². The molecule has 0 bridgehead atoms. The molecule has 3 heterocycles. The van der Waals surface area contributed by atoms with Crippen LogP contribution in [-0.2, 0) is 13.6 Å². The first-order valence-electron chi connectivity index (χ1n) is 7.64. The second-order valence-electron chi connectivity index (χ2n) is 7.26. The van der Waals surface area contributed by atoms with Gasteiger partial charge in [0.25, 0.3) is 0 Å². The van der Waals surface area contributed by atoms with Crippen LogP contribution < -0.4 is 11.0 Å². The highest BCUT2D eigenvalue weighted by molar-refractivity contribution is 5.72. The highest BCUT2D eigenvalue weighted by Gasteiger charge is 2.22. The van der Waals surface area contributed by atoms with Gasteiger partial charge in [0, 0.05) is 31.7 Å². The van der Waals surface area contributed by atoms with Crippen LogP contribution in [0.5, 0.6) is 0 Å². The van der Waals surface area contributed by atoms with Crippen molar-refractivity contribution in [1.82, 2.24) is 19.4 Å². The number of imidazole rings is 1. The molecule has 1 aliphatic rings. The maximum atomic E-state index is 12.5. The summed E-state index contributed by atoms with van der Waals surface area (Å²) in [6, 6.07) is 4.14. The molecule has 1 N–H and O–H groups in total. The Morgan fingerprint density at radius 1 is 1.38 bits per heavy atom. The first-order valence-corrected chi connectivity index (χ1v) is 7.64. The zero-order valence-electron chi connectivity index (χ0n) is 13.3. The predicted octanol–water partition coefficient (Wildman–Crippen LogP) is 1.86. The number of aromatic nitrogens is 3. The number of fused-ring (bicyclic) bond motifs is 1. The number of hydrogen-bond acceptors (Lipinski definition) is 3. The third-order valence-corrected chi connectivity index (χ3v) is 4.11. The molecule has 3 rings (SSSR count). The molecule has 0 saturated carbocycles. The van der Waals surface area contributed by atoms with Crippen LogP contribution in [0, 0.1) is 5.41 Å². The Bertz CT molecular complexity index is 714. The van der Waals surface area contributed by atoms with Crippen LogP contribution in [0.3, 0.4) is 0 Å². The first-order chi connectivity index (χ1) is 9.87. The lowest BCUT2D eigenvalue weighted by Crippen LogP contribution is -2.27. The van der Waals surface area contributed by atoms with Gasteiger partial charge in [0.2, 0.25) is 0 Å². The van der Waals surface area contributed by atoms with Crippen LogP contribution >= 0.6 is 0 Å². The average molecular weight is 288 g/mol. The number of nitrogens with one attached hydrogen (secondary N) is 1. The van der Waals surface area contributed by atoms with Gasteiger partial charge in [0.15, 0.2) is 5.65 Å². The van der Waals surface area contributed by atoms with E-state index in [1.807, 2.05) is 11.6 Å². The van der Waals surface area contributed by atoms with Crippen molar-refractivity contribution in [2.75, 3.05) is 13.1 Å². The third kappa shape index (κ3) is 2.62. The fourth-order valence-corrected chi connectivity index (χ4v) is 3.05. The SMILES string of the molecule is Cn1c(=O)n(CC(C)(C)C)c2ccc(C3CCNC3)nc21. The molecule has 1 fully saturated rings. The quantitative estimate of drug-likeness (QED) is 0.917. The van der Waals surface area contributed by atoms with E-state index in [0.717, 1.165) is 36.4 Å². The van der Waals surface area contributed by atoms with Crippen molar-refractivity contribution >= 4 is 11.2 Å². The zero-order chi connectivity index (χ0) is 15.2. The molecule has 1 aliphatic heterocycles. The van der Waals surface area contributed by atoms with E-state index < -0.39 is 0 Å². The lowest BCUT2D eigenvalue weighted by molar-refractivity contribution is 0.342. The van der Waals surface area contributed by atoms with E-state index in [-0.39, 0.29) is 11.1 Å². The van der Waals surface area contributed by atoms with Crippen LogP contribution in [-0.4, -0.2) is 27.2 Å². The van der Waals surface area contributed by atoms with E-state index in [1.165, 1.54) is 0 Å². The summed E-state index contributed by atoms with van der Waals surface area (Å²) in [6.07, 6.45) is 1.12. The normalized spacial score (nSPS) is 19.5. The Hall–Kier alpha value is -1.62. The van der Waals surface area contributed by atoms with Gasteiger partial charge in [0.05, 0.1) is 5.52 Å². The molecule has 1 unspecified atom stereocenters.